The van der Waals surface area contributed by atoms with Gasteiger partial charge < -0.3 is 33.2 Å². The Morgan fingerprint density at radius 2 is 1.15 bits per heavy atom. The SMILES string of the molecule is COC1CCCS(=O)(=O)C1.COC1CCS(=O)(=O)C(C)(C)C1.COC1CCS(=O)(=O)C(C)C1.COC1CCS(=O)(=O)CC1.COC1COC2CCOC12. The van der Waals surface area contributed by atoms with Crippen molar-refractivity contribution in [3.05, 3.63) is 0 Å². The van der Waals surface area contributed by atoms with Gasteiger partial charge in [0.25, 0.3) is 0 Å². The van der Waals surface area contributed by atoms with Crippen molar-refractivity contribution in [2.45, 2.75) is 131 Å². The summed E-state index contributed by atoms with van der Waals surface area (Å²) in [5.41, 5.74) is 0. The van der Waals surface area contributed by atoms with Gasteiger partial charge in [-0.25, -0.2) is 33.7 Å². The molecule has 6 saturated heterocycles. The molecular formula is C34H66O15S4. The van der Waals surface area contributed by atoms with Crippen LogP contribution < -0.4 is 0 Å². The summed E-state index contributed by atoms with van der Waals surface area (Å²) >= 11 is 0. The summed E-state index contributed by atoms with van der Waals surface area (Å²) in [5.74, 6) is 1.69. The zero-order chi connectivity index (χ0) is 40.1. The van der Waals surface area contributed by atoms with E-state index in [1.54, 1.807) is 56.3 Å². The minimum absolute atomic E-state index is 0.0567. The normalized spacial score (nSPS) is 34.8. The fourth-order valence-electron chi connectivity index (χ4n) is 6.79. The number of fused-ring (bicyclic) bond motifs is 1. The van der Waals surface area contributed by atoms with Crippen LogP contribution in [0.15, 0.2) is 0 Å². The second kappa shape index (κ2) is 21.9. The molecule has 0 aromatic rings. The molecule has 7 atom stereocenters. The Bertz CT molecular complexity index is 1500. The van der Waals surface area contributed by atoms with Gasteiger partial charge in [-0.15, -0.1) is 0 Å². The van der Waals surface area contributed by atoms with E-state index in [9.17, 15) is 33.7 Å². The smallest absolute Gasteiger partial charge is 0.155 e. The van der Waals surface area contributed by atoms with E-state index in [0.29, 0.717) is 68.5 Å². The van der Waals surface area contributed by atoms with Crippen LogP contribution in [0.1, 0.15) is 78.6 Å². The third-order valence-electron chi connectivity index (χ3n) is 10.7. The van der Waals surface area contributed by atoms with Crippen molar-refractivity contribution in [2.75, 3.05) is 83.3 Å². The quantitative estimate of drug-likeness (QED) is 0.390. The first-order valence-corrected chi connectivity index (χ1v) is 25.4. The highest BCUT2D eigenvalue weighted by Gasteiger charge is 2.42. The summed E-state index contributed by atoms with van der Waals surface area (Å²) in [4.78, 5) is 0. The summed E-state index contributed by atoms with van der Waals surface area (Å²) in [6.45, 7) is 6.82. The Morgan fingerprint density at radius 1 is 0.585 bits per heavy atom. The topological polar surface area (TPSA) is 201 Å². The predicted molar refractivity (Wildman–Crippen MR) is 203 cm³/mol. The Morgan fingerprint density at radius 3 is 1.64 bits per heavy atom. The number of methoxy groups -OCH3 is 5. The summed E-state index contributed by atoms with van der Waals surface area (Å²) in [6, 6.07) is 0. The summed E-state index contributed by atoms with van der Waals surface area (Å²) in [7, 11) is -2.98. The van der Waals surface area contributed by atoms with Crippen LogP contribution >= 0.6 is 0 Å². The van der Waals surface area contributed by atoms with Crippen molar-refractivity contribution in [1.29, 1.82) is 0 Å². The van der Waals surface area contributed by atoms with Crippen LogP contribution in [0.3, 0.4) is 0 Å². The van der Waals surface area contributed by atoms with Gasteiger partial charge in [0.15, 0.2) is 39.3 Å². The maximum absolute atomic E-state index is 11.5. The van der Waals surface area contributed by atoms with E-state index in [-0.39, 0.29) is 59.1 Å². The Hall–Kier alpha value is -0.480. The van der Waals surface area contributed by atoms with E-state index in [2.05, 4.69) is 0 Å². The van der Waals surface area contributed by atoms with Gasteiger partial charge in [0.2, 0.25) is 0 Å². The molecule has 0 aromatic carbocycles. The molecule has 15 nitrogen and oxygen atoms in total. The molecule has 6 aliphatic heterocycles. The standard InChI is InChI=1S/C8H16O3S.C7H14O3S.C7H12O3.2C6H12O3S/c1-8(2)6-7(11-3)4-5-12(8,9)10;1-6-5-7(10-2)3-4-11(6,8)9;1-8-6-4-10-5-2-3-9-7(5)6;1-9-6-2-4-10(7,8)5-3-6;1-9-6-3-2-4-10(7,8)5-6/h7H,4-6H2,1-3H3;6-7H,3-5H2,1-2H3;5-7H,2-4H2,1H3;2*6H,2-5H2,1H3. The summed E-state index contributed by atoms with van der Waals surface area (Å²) in [5, 5.41) is -0.221. The van der Waals surface area contributed by atoms with Gasteiger partial charge in [-0.1, -0.05) is 0 Å². The molecule has 316 valence electrons. The van der Waals surface area contributed by atoms with E-state index in [0.717, 1.165) is 25.9 Å². The Labute approximate surface area is 319 Å². The Balaban J connectivity index is 0.000000230. The molecule has 6 rings (SSSR count). The highest BCUT2D eigenvalue weighted by molar-refractivity contribution is 7.93. The first-order chi connectivity index (χ1) is 24.6. The van der Waals surface area contributed by atoms with Crippen molar-refractivity contribution in [1.82, 2.24) is 0 Å². The van der Waals surface area contributed by atoms with E-state index in [1.165, 1.54) is 0 Å². The van der Waals surface area contributed by atoms with Gasteiger partial charge in [0, 0.05) is 42.2 Å². The number of rotatable bonds is 5. The van der Waals surface area contributed by atoms with Crippen LogP contribution in [0.5, 0.6) is 0 Å². The van der Waals surface area contributed by atoms with Gasteiger partial charge >= 0.3 is 0 Å². The van der Waals surface area contributed by atoms with Crippen LogP contribution in [-0.4, -0.2) is 170 Å². The average molecular weight is 843 g/mol. The second-order valence-corrected chi connectivity index (χ2v) is 24.8. The molecule has 6 heterocycles. The Kier molecular flexibility index (Phi) is 20.1. The number of ether oxygens (including phenoxy) is 7. The molecule has 7 unspecified atom stereocenters. The number of hydrogen-bond acceptors (Lipinski definition) is 15. The largest absolute Gasteiger partial charge is 0.381 e. The lowest BCUT2D eigenvalue weighted by Gasteiger charge is -2.33. The van der Waals surface area contributed by atoms with Crippen LogP contribution in [-0.2, 0) is 72.5 Å². The van der Waals surface area contributed by atoms with Crippen LogP contribution in [0.25, 0.3) is 0 Å². The number of sulfone groups is 4. The van der Waals surface area contributed by atoms with Gasteiger partial charge in [0.1, 0.15) is 12.2 Å². The van der Waals surface area contributed by atoms with Gasteiger partial charge in [-0.05, 0) is 78.6 Å². The van der Waals surface area contributed by atoms with Crippen molar-refractivity contribution in [3.8, 4) is 0 Å². The minimum atomic E-state index is -2.88. The molecule has 0 bridgehead atoms. The third-order valence-corrected chi connectivity index (χ3v) is 19.0. The predicted octanol–water partition coefficient (Wildman–Crippen LogP) is 2.20. The van der Waals surface area contributed by atoms with Crippen molar-refractivity contribution in [3.63, 3.8) is 0 Å². The molecule has 0 radical (unpaired) electrons. The van der Waals surface area contributed by atoms with Crippen LogP contribution in [0.4, 0.5) is 0 Å². The monoisotopic (exact) mass is 842 g/mol. The molecule has 0 amide bonds. The van der Waals surface area contributed by atoms with E-state index >= 15 is 0 Å². The summed E-state index contributed by atoms with van der Waals surface area (Å²) in [6.07, 6.45) is 7.64. The molecule has 53 heavy (non-hydrogen) atoms. The average Bonchev–Trinajstić information content (AvgIpc) is 3.73. The molecule has 0 aromatic heterocycles. The van der Waals surface area contributed by atoms with Gasteiger partial charge in [0.05, 0.1) is 81.6 Å². The highest BCUT2D eigenvalue weighted by atomic mass is 32.2. The maximum atomic E-state index is 11.5. The van der Waals surface area contributed by atoms with E-state index in [4.69, 9.17) is 33.2 Å². The van der Waals surface area contributed by atoms with Crippen LogP contribution in [0.2, 0.25) is 0 Å². The molecule has 6 fully saturated rings. The van der Waals surface area contributed by atoms with Crippen molar-refractivity contribution in [2.24, 2.45) is 0 Å². The summed E-state index contributed by atoms with van der Waals surface area (Å²) < 4.78 is 125. The molecule has 0 N–H and O–H groups in total. The molecule has 6 aliphatic rings. The number of hydrogen-bond donors (Lipinski definition) is 0. The molecule has 0 saturated carbocycles. The lowest BCUT2D eigenvalue weighted by atomic mass is 10.0. The zero-order valence-electron chi connectivity index (χ0n) is 32.9. The third kappa shape index (κ3) is 16.1. The lowest BCUT2D eigenvalue weighted by Crippen LogP contribution is -2.43. The first kappa shape index (κ1) is 48.7. The first-order valence-electron chi connectivity index (χ1n) is 18.4. The van der Waals surface area contributed by atoms with Gasteiger partial charge in [-0.2, -0.15) is 0 Å². The second-order valence-electron chi connectivity index (χ2n) is 15.0. The van der Waals surface area contributed by atoms with E-state index < -0.39 is 44.1 Å². The fourth-order valence-corrected chi connectivity index (χ4v) is 12.9. The fraction of sp³-hybridized carbons (Fsp3) is 1.00. The van der Waals surface area contributed by atoms with Crippen LogP contribution in [0, 0.1) is 0 Å². The molecular weight excluding hydrogens is 777 g/mol. The highest BCUT2D eigenvalue weighted by Crippen LogP contribution is 2.31. The maximum Gasteiger partial charge on any atom is 0.155 e. The van der Waals surface area contributed by atoms with Gasteiger partial charge in [-0.3, -0.25) is 0 Å². The van der Waals surface area contributed by atoms with E-state index in [1.807, 2.05) is 0 Å². The lowest BCUT2D eigenvalue weighted by molar-refractivity contribution is -0.00727. The minimum Gasteiger partial charge on any atom is -0.381 e. The zero-order valence-corrected chi connectivity index (χ0v) is 36.2. The van der Waals surface area contributed by atoms with Crippen molar-refractivity contribution < 1.29 is 66.8 Å². The van der Waals surface area contributed by atoms with Crippen molar-refractivity contribution >= 4 is 39.3 Å². The molecule has 0 spiro atoms. The molecule has 19 heteroatoms. The molecule has 0 aliphatic carbocycles.